The van der Waals surface area contributed by atoms with Gasteiger partial charge in [0, 0.05) is 25.6 Å². The van der Waals surface area contributed by atoms with Crippen LogP contribution in [0.2, 0.25) is 0 Å². The summed E-state index contributed by atoms with van der Waals surface area (Å²) in [5.74, 6) is 1.10. The lowest BCUT2D eigenvalue weighted by Crippen LogP contribution is -2.45. The van der Waals surface area contributed by atoms with Crippen LogP contribution in [0, 0.1) is 0 Å². The highest BCUT2D eigenvalue weighted by molar-refractivity contribution is 5.76. The van der Waals surface area contributed by atoms with Crippen molar-refractivity contribution < 1.29 is 9.53 Å². The first kappa shape index (κ1) is 14.9. The van der Waals surface area contributed by atoms with Crippen molar-refractivity contribution in [1.82, 2.24) is 10.6 Å². The van der Waals surface area contributed by atoms with E-state index in [1.54, 1.807) is 0 Å². The summed E-state index contributed by atoms with van der Waals surface area (Å²) in [6.45, 7) is 4.51. The van der Waals surface area contributed by atoms with Gasteiger partial charge in [-0.1, -0.05) is 25.5 Å². The molecular formula is C16H24N2O2. The Labute approximate surface area is 120 Å². The van der Waals surface area contributed by atoms with E-state index in [0.717, 1.165) is 44.7 Å². The molecule has 110 valence electrons. The van der Waals surface area contributed by atoms with Gasteiger partial charge in [-0.05, 0) is 30.5 Å². The van der Waals surface area contributed by atoms with Gasteiger partial charge >= 0.3 is 0 Å². The number of carbonyl (C=O) groups is 1. The molecule has 1 atom stereocenters. The standard InChI is InChI=1S/C16H24N2O2/c1-2-3-10-20-15-7-4-13(5-8-15)11-17-14-6-9-16(19)18-12-14/h4-5,7-8,14,17H,2-3,6,9-12H2,1H3,(H,18,19). The average molecular weight is 276 g/mol. The summed E-state index contributed by atoms with van der Waals surface area (Å²) in [7, 11) is 0. The first-order valence-electron chi connectivity index (χ1n) is 7.49. The zero-order valence-corrected chi connectivity index (χ0v) is 12.2. The summed E-state index contributed by atoms with van der Waals surface area (Å²) in [5, 5.41) is 6.36. The minimum atomic E-state index is 0.164. The van der Waals surface area contributed by atoms with Gasteiger partial charge in [-0.3, -0.25) is 4.79 Å². The van der Waals surface area contributed by atoms with E-state index in [0.29, 0.717) is 12.5 Å². The van der Waals surface area contributed by atoms with Crippen molar-refractivity contribution >= 4 is 5.91 Å². The van der Waals surface area contributed by atoms with Crippen LogP contribution in [0.1, 0.15) is 38.2 Å². The molecule has 1 unspecified atom stereocenters. The number of carbonyl (C=O) groups excluding carboxylic acids is 1. The van der Waals surface area contributed by atoms with Gasteiger partial charge in [0.2, 0.25) is 5.91 Å². The number of ether oxygens (including phenoxy) is 1. The third-order valence-electron chi connectivity index (χ3n) is 3.55. The average Bonchev–Trinajstić information content (AvgIpc) is 2.48. The first-order chi connectivity index (χ1) is 9.78. The fourth-order valence-corrected chi connectivity index (χ4v) is 2.21. The smallest absolute Gasteiger partial charge is 0.220 e. The predicted octanol–water partition coefficient (Wildman–Crippen LogP) is 2.23. The van der Waals surface area contributed by atoms with Gasteiger partial charge in [-0.2, -0.15) is 0 Å². The van der Waals surface area contributed by atoms with Crippen molar-refractivity contribution in [2.45, 2.75) is 45.2 Å². The van der Waals surface area contributed by atoms with Gasteiger partial charge in [0.05, 0.1) is 6.61 Å². The molecule has 0 aromatic heterocycles. The van der Waals surface area contributed by atoms with Gasteiger partial charge in [0.15, 0.2) is 0 Å². The highest BCUT2D eigenvalue weighted by atomic mass is 16.5. The fourth-order valence-electron chi connectivity index (χ4n) is 2.21. The fraction of sp³-hybridized carbons (Fsp3) is 0.562. The third kappa shape index (κ3) is 4.85. The van der Waals surface area contributed by atoms with Crippen molar-refractivity contribution in [3.8, 4) is 5.75 Å². The van der Waals surface area contributed by atoms with Gasteiger partial charge in [-0.15, -0.1) is 0 Å². The summed E-state index contributed by atoms with van der Waals surface area (Å²) in [5.41, 5.74) is 1.24. The molecule has 1 saturated heterocycles. The Morgan fingerprint density at radius 1 is 1.35 bits per heavy atom. The lowest BCUT2D eigenvalue weighted by Gasteiger charge is -2.23. The minimum Gasteiger partial charge on any atom is -0.494 e. The number of rotatable bonds is 7. The van der Waals surface area contributed by atoms with Crippen molar-refractivity contribution in [3.05, 3.63) is 29.8 Å². The molecule has 0 spiro atoms. The normalized spacial score (nSPS) is 18.6. The maximum absolute atomic E-state index is 11.1. The van der Waals surface area contributed by atoms with Gasteiger partial charge in [-0.25, -0.2) is 0 Å². The van der Waals surface area contributed by atoms with Crippen LogP contribution in [0.4, 0.5) is 0 Å². The molecule has 4 nitrogen and oxygen atoms in total. The SMILES string of the molecule is CCCCOc1ccc(CNC2CCC(=O)NC2)cc1. The van der Waals surface area contributed by atoms with E-state index in [-0.39, 0.29) is 5.91 Å². The Balaban J connectivity index is 1.72. The van der Waals surface area contributed by atoms with Crippen LogP contribution >= 0.6 is 0 Å². The highest BCUT2D eigenvalue weighted by Gasteiger charge is 2.16. The number of hydrogen-bond donors (Lipinski definition) is 2. The van der Waals surface area contributed by atoms with E-state index in [9.17, 15) is 4.79 Å². The molecule has 0 saturated carbocycles. The van der Waals surface area contributed by atoms with Crippen LogP contribution < -0.4 is 15.4 Å². The minimum absolute atomic E-state index is 0.164. The third-order valence-corrected chi connectivity index (χ3v) is 3.55. The van der Waals surface area contributed by atoms with Crippen molar-refractivity contribution in [3.63, 3.8) is 0 Å². The first-order valence-corrected chi connectivity index (χ1v) is 7.49. The molecule has 20 heavy (non-hydrogen) atoms. The largest absolute Gasteiger partial charge is 0.494 e. The molecule has 1 amide bonds. The van der Waals surface area contributed by atoms with E-state index in [1.165, 1.54) is 5.56 Å². The quantitative estimate of drug-likeness (QED) is 0.751. The Bertz CT molecular complexity index is 407. The summed E-state index contributed by atoms with van der Waals surface area (Å²) >= 11 is 0. The molecule has 2 rings (SSSR count). The van der Waals surface area contributed by atoms with Crippen LogP contribution in [0.15, 0.2) is 24.3 Å². The van der Waals surface area contributed by atoms with E-state index in [4.69, 9.17) is 4.74 Å². The monoisotopic (exact) mass is 276 g/mol. The molecule has 1 fully saturated rings. The van der Waals surface area contributed by atoms with Gasteiger partial charge in [0.25, 0.3) is 0 Å². The molecule has 0 aliphatic carbocycles. The predicted molar refractivity (Wildman–Crippen MR) is 79.7 cm³/mol. The topological polar surface area (TPSA) is 50.4 Å². The second-order valence-corrected chi connectivity index (χ2v) is 5.27. The van der Waals surface area contributed by atoms with E-state index >= 15 is 0 Å². The van der Waals surface area contributed by atoms with Crippen LogP contribution in [0.5, 0.6) is 5.75 Å². The Kier molecular flexibility index (Phi) is 5.87. The molecule has 2 N–H and O–H groups in total. The lowest BCUT2D eigenvalue weighted by molar-refractivity contribution is -0.122. The number of hydrogen-bond acceptors (Lipinski definition) is 3. The number of piperidine rings is 1. The Hall–Kier alpha value is -1.55. The molecule has 0 radical (unpaired) electrons. The molecule has 1 aliphatic rings. The summed E-state index contributed by atoms with van der Waals surface area (Å²) in [6, 6.07) is 8.61. The summed E-state index contributed by atoms with van der Waals surface area (Å²) in [6.07, 6.45) is 3.79. The Morgan fingerprint density at radius 3 is 2.80 bits per heavy atom. The maximum Gasteiger partial charge on any atom is 0.220 e. The number of amides is 1. The molecule has 1 aromatic rings. The molecule has 0 bridgehead atoms. The van der Waals surface area contributed by atoms with E-state index in [2.05, 4.69) is 29.7 Å². The molecule has 1 heterocycles. The second kappa shape index (κ2) is 7.90. The van der Waals surface area contributed by atoms with Crippen molar-refractivity contribution in [2.24, 2.45) is 0 Å². The Morgan fingerprint density at radius 2 is 2.15 bits per heavy atom. The molecule has 4 heteroatoms. The summed E-state index contributed by atoms with van der Waals surface area (Å²) < 4.78 is 5.64. The highest BCUT2D eigenvalue weighted by Crippen LogP contribution is 2.13. The van der Waals surface area contributed by atoms with Crippen LogP contribution in [0.25, 0.3) is 0 Å². The van der Waals surface area contributed by atoms with E-state index < -0.39 is 0 Å². The number of unbranched alkanes of at least 4 members (excludes halogenated alkanes) is 1. The molecule has 1 aromatic carbocycles. The van der Waals surface area contributed by atoms with Crippen LogP contribution in [-0.2, 0) is 11.3 Å². The number of benzene rings is 1. The van der Waals surface area contributed by atoms with E-state index in [1.807, 2.05) is 12.1 Å². The summed E-state index contributed by atoms with van der Waals surface area (Å²) in [4.78, 5) is 11.1. The van der Waals surface area contributed by atoms with Crippen LogP contribution in [-0.4, -0.2) is 25.1 Å². The second-order valence-electron chi connectivity index (χ2n) is 5.27. The lowest BCUT2D eigenvalue weighted by atomic mass is 10.1. The zero-order chi connectivity index (χ0) is 14.2. The van der Waals surface area contributed by atoms with Crippen LogP contribution in [0.3, 0.4) is 0 Å². The number of nitrogens with one attached hydrogen (secondary N) is 2. The van der Waals surface area contributed by atoms with Crippen molar-refractivity contribution in [2.75, 3.05) is 13.2 Å². The molecular weight excluding hydrogens is 252 g/mol. The molecule has 1 aliphatic heterocycles. The van der Waals surface area contributed by atoms with Gasteiger partial charge in [0.1, 0.15) is 5.75 Å². The maximum atomic E-state index is 11.1. The van der Waals surface area contributed by atoms with Crippen molar-refractivity contribution in [1.29, 1.82) is 0 Å². The van der Waals surface area contributed by atoms with Gasteiger partial charge < -0.3 is 15.4 Å². The zero-order valence-electron chi connectivity index (χ0n) is 12.2.